The van der Waals surface area contributed by atoms with Gasteiger partial charge in [0.05, 0.1) is 29.4 Å². The van der Waals surface area contributed by atoms with Gasteiger partial charge in [0.2, 0.25) is 5.69 Å². The number of rotatable bonds is 6. The van der Waals surface area contributed by atoms with Gasteiger partial charge in [-0.3, -0.25) is 4.98 Å². The summed E-state index contributed by atoms with van der Waals surface area (Å²) < 4.78 is 12.1. The normalized spacial score (nSPS) is 13.8. The average Bonchev–Trinajstić information content (AvgIpc) is 2.84. The zero-order valence-corrected chi connectivity index (χ0v) is 18.9. The summed E-state index contributed by atoms with van der Waals surface area (Å²) in [6.45, 7) is 10.2. The Labute approximate surface area is 197 Å². The van der Waals surface area contributed by atoms with Crippen molar-refractivity contribution < 1.29 is 14.3 Å². The van der Waals surface area contributed by atoms with E-state index < -0.39 is 0 Å². The first-order valence-electron chi connectivity index (χ1n) is 10.7. The number of piperidine rings is 1. The molecule has 1 fully saturated rings. The molecule has 170 valence electrons. The van der Waals surface area contributed by atoms with E-state index in [0.29, 0.717) is 57.1 Å². The van der Waals surface area contributed by atoms with Gasteiger partial charge in [0.15, 0.2) is 0 Å². The molecule has 9 heteroatoms. The van der Waals surface area contributed by atoms with Crippen LogP contribution in [0.2, 0.25) is 5.02 Å². The highest BCUT2D eigenvalue weighted by molar-refractivity contribution is 6.33. The van der Waals surface area contributed by atoms with Crippen LogP contribution < -0.4 is 25.4 Å². The Hall–Kier alpha value is -3.54. The molecule has 0 spiro atoms. The minimum absolute atomic E-state index is 0.338. The number of pyridine rings is 1. The molecule has 1 aliphatic heterocycles. The number of carbonyl (C=O) groups is 1. The summed E-state index contributed by atoms with van der Waals surface area (Å²) in [6.07, 6.45) is 3.78. The van der Waals surface area contributed by atoms with Crippen LogP contribution in [0.15, 0.2) is 42.6 Å². The second kappa shape index (κ2) is 10.4. The van der Waals surface area contributed by atoms with E-state index in [1.807, 2.05) is 0 Å². The number of hydrogen-bond acceptors (Lipinski definition) is 5. The predicted molar refractivity (Wildman–Crippen MR) is 129 cm³/mol. The number of aromatic nitrogens is 1. The van der Waals surface area contributed by atoms with E-state index in [-0.39, 0.29) is 6.03 Å². The molecule has 0 atom stereocenters. The number of urea groups is 1. The summed E-state index contributed by atoms with van der Waals surface area (Å²) in [5.74, 6) is 2.05. The average molecular weight is 466 g/mol. The van der Waals surface area contributed by atoms with E-state index in [4.69, 9.17) is 27.6 Å². The summed E-state index contributed by atoms with van der Waals surface area (Å²) in [5.41, 5.74) is 1.55. The molecule has 2 amide bonds. The van der Waals surface area contributed by atoms with Gasteiger partial charge in [-0.15, -0.1) is 0 Å². The van der Waals surface area contributed by atoms with Crippen LogP contribution in [-0.2, 0) is 0 Å². The maximum Gasteiger partial charge on any atom is 0.319 e. The largest absolute Gasteiger partial charge is 0.504 e. The molecule has 1 saturated heterocycles. The standard InChI is InChI=1S/C24H24ClN5O3/c1-26-21-12-17-20(13-23(21)32-14-15-5-8-28-9-6-15)29-10-7-22(17)33-16-3-4-19(18(25)11-16)30-24(31)27-2/h3-4,7,10-13,15,28H,5-6,8-9,14H2,2H3,(H2,27,30,31). The fourth-order valence-electron chi connectivity index (χ4n) is 3.66. The molecule has 3 N–H and O–H groups in total. The van der Waals surface area contributed by atoms with Gasteiger partial charge in [0, 0.05) is 24.7 Å². The third-order valence-electron chi connectivity index (χ3n) is 5.48. The SMILES string of the molecule is [C-]#[N+]c1cc2c(Oc3ccc(NC(=O)NC)c(Cl)c3)ccnc2cc1OCC1CCNCC1. The monoisotopic (exact) mass is 465 g/mol. The van der Waals surface area contributed by atoms with Gasteiger partial charge in [0.25, 0.3) is 0 Å². The van der Waals surface area contributed by atoms with Gasteiger partial charge < -0.3 is 25.4 Å². The first-order chi connectivity index (χ1) is 16.1. The second-order valence-electron chi connectivity index (χ2n) is 7.71. The number of carbonyl (C=O) groups excluding carboxylic acids is 1. The number of ether oxygens (including phenoxy) is 2. The smallest absolute Gasteiger partial charge is 0.319 e. The molecule has 0 aliphatic carbocycles. The number of nitrogens with one attached hydrogen (secondary N) is 3. The van der Waals surface area contributed by atoms with Crippen LogP contribution >= 0.6 is 11.6 Å². The molecule has 8 nitrogen and oxygen atoms in total. The van der Waals surface area contributed by atoms with Crippen molar-refractivity contribution in [3.63, 3.8) is 0 Å². The topological polar surface area (TPSA) is 88.9 Å². The second-order valence-corrected chi connectivity index (χ2v) is 8.12. The molecule has 0 radical (unpaired) electrons. The molecule has 3 aromatic rings. The van der Waals surface area contributed by atoms with Gasteiger partial charge >= 0.3 is 6.03 Å². The van der Waals surface area contributed by atoms with Gasteiger partial charge in [-0.05, 0) is 62.2 Å². The third-order valence-corrected chi connectivity index (χ3v) is 5.79. The van der Waals surface area contributed by atoms with Crippen LogP contribution in [0.3, 0.4) is 0 Å². The van der Waals surface area contributed by atoms with Crippen LogP contribution in [0.5, 0.6) is 17.2 Å². The van der Waals surface area contributed by atoms with Gasteiger partial charge in [-0.2, -0.15) is 0 Å². The first kappa shape index (κ1) is 22.6. The summed E-state index contributed by atoms with van der Waals surface area (Å²) >= 11 is 6.29. The van der Waals surface area contributed by atoms with Crippen molar-refractivity contribution in [3.05, 3.63) is 59.0 Å². The van der Waals surface area contributed by atoms with Crippen LogP contribution in [0.1, 0.15) is 12.8 Å². The summed E-state index contributed by atoms with van der Waals surface area (Å²) in [7, 11) is 1.52. The number of hydrogen-bond donors (Lipinski definition) is 3. The lowest BCUT2D eigenvalue weighted by atomic mass is 9.99. The molecule has 2 heterocycles. The van der Waals surface area contributed by atoms with Crippen molar-refractivity contribution in [2.45, 2.75) is 12.8 Å². The van der Waals surface area contributed by atoms with Crippen LogP contribution in [0, 0.1) is 12.5 Å². The van der Waals surface area contributed by atoms with Crippen LogP contribution in [0.25, 0.3) is 15.7 Å². The highest BCUT2D eigenvalue weighted by Gasteiger charge is 2.16. The molecule has 2 aromatic carbocycles. The maximum atomic E-state index is 11.5. The van der Waals surface area contributed by atoms with Crippen molar-refractivity contribution in [2.24, 2.45) is 5.92 Å². The maximum absolute atomic E-state index is 11.5. The van der Waals surface area contributed by atoms with Crippen molar-refractivity contribution >= 4 is 39.9 Å². The predicted octanol–water partition coefficient (Wildman–Crippen LogP) is 5.36. The Bertz CT molecular complexity index is 1200. The lowest BCUT2D eigenvalue weighted by molar-refractivity contribution is 0.216. The van der Waals surface area contributed by atoms with Gasteiger partial charge in [0.1, 0.15) is 17.2 Å². The molecule has 0 bridgehead atoms. The Morgan fingerprint density at radius 2 is 2.06 bits per heavy atom. The van der Waals surface area contributed by atoms with Crippen molar-refractivity contribution in [2.75, 3.05) is 32.1 Å². The minimum Gasteiger partial charge on any atom is -0.504 e. The fraction of sp³-hybridized carbons (Fsp3) is 0.292. The molecule has 0 unspecified atom stereocenters. The Morgan fingerprint density at radius 1 is 1.24 bits per heavy atom. The minimum atomic E-state index is -0.365. The molecule has 0 saturated carbocycles. The summed E-state index contributed by atoms with van der Waals surface area (Å²) in [6, 6.07) is 9.88. The van der Waals surface area contributed by atoms with Crippen molar-refractivity contribution in [1.29, 1.82) is 0 Å². The number of fused-ring (bicyclic) bond motifs is 1. The van der Waals surface area contributed by atoms with Crippen LogP contribution in [-0.4, -0.2) is 37.8 Å². The Balaban J connectivity index is 1.57. The molecular formula is C24H24ClN5O3. The quantitative estimate of drug-likeness (QED) is 0.426. The number of nitrogens with zero attached hydrogens (tertiary/aromatic N) is 2. The molecular weight excluding hydrogens is 442 g/mol. The summed E-state index contributed by atoms with van der Waals surface area (Å²) in [4.78, 5) is 19.6. The number of halogens is 1. The van der Waals surface area contributed by atoms with E-state index >= 15 is 0 Å². The highest BCUT2D eigenvalue weighted by atomic mass is 35.5. The zero-order chi connectivity index (χ0) is 23.2. The van der Waals surface area contributed by atoms with E-state index in [2.05, 4.69) is 25.8 Å². The highest BCUT2D eigenvalue weighted by Crippen LogP contribution is 2.38. The number of benzene rings is 2. The first-order valence-corrected chi connectivity index (χ1v) is 11.0. The van der Waals surface area contributed by atoms with Crippen molar-refractivity contribution in [1.82, 2.24) is 15.6 Å². The third kappa shape index (κ3) is 5.45. The van der Waals surface area contributed by atoms with Crippen molar-refractivity contribution in [3.8, 4) is 17.2 Å². The Morgan fingerprint density at radius 3 is 2.79 bits per heavy atom. The number of amides is 2. The van der Waals surface area contributed by atoms with E-state index in [1.165, 1.54) is 7.05 Å². The van der Waals surface area contributed by atoms with E-state index in [0.717, 1.165) is 25.9 Å². The lowest BCUT2D eigenvalue weighted by Gasteiger charge is -2.23. The molecule has 1 aromatic heterocycles. The number of anilines is 1. The molecule has 4 rings (SSSR count). The molecule has 1 aliphatic rings. The lowest BCUT2D eigenvalue weighted by Crippen LogP contribution is -2.30. The van der Waals surface area contributed by atoms with E-state index in [1.54, 1.807) is 42.6 Å². The van der Waals surface area contributed by atoms with Crippen LogP contribution in [0.4, 0.5) is 16.2 Å². The fourth-order valence-corrected chi connectivity index (χ4v) is 3.88. The Kier molecular flexibility index (Phi) is 7.13. The summed E-state index contributed by atoms with van der Waals surface area (Å²) in [5, 5.41) is 9.49. The van der Waals surface area contributed by atoms with E-state index in [9.17, 15) is 4.79 Å². The molecule has 33 heavy (non-hydrogen) atoms. The van der Waals surface area contributed by atoms with Gasteiger partial charge in [-0.1, -0.05) is 11.6 Å². The zero-order valence-electron chi connectivity index (χ0n) is 18.2. The van der Waals surface area contributed by atoms with Gasteiger partial charge in [-0.25, -0.2) is 9.64 Å².